The standard InChI is InChI=1S/C11H20N2O4/c1-12(6-7-14)11(17)13-4-2-9(3-5-13)8-10(15)16/h9,14H,2-8H2,1H3,(H,15,16). The van der Waals surface area contributed by atoms with Gasteiger partial charge in [-0.3, -0.25) is 4.79 Å². The van der Waals surface area contributed by atoms with E-state index in [4.69, 9.17) is 10.2 Å². The van der Waals surface area contributed by atoms with Crippen molar-refractivity contribution in [2.45, 2.75) is 19.3 Å². The molecule has 0 unspecified atom stereocenters. The predicted octanol–water partition coefficient (Wildman–Crippen LogP) is 0.217. The zero-order valence-electron chi connectivity index (χ0n) is 10.1. The summed E-state index contributed by atoms with van der Waals surface area (Å²) in [7, 11) is 1.65. The molecule has 0 radical (unpaired) electrons. The summed E-state index contributed by atoms with van der Waals surface area (Å²) in [6.07, 6.45) is 1.67. The second kappa shape index (κ2) is 6.44. The number of carbonyl (C=O) groups excluding carboxylic acids is 1. The first-order valence-electron chi connectivity index (χ1n) is 5.87. The quantitative estimate of drug-likeness (QED) is 0.741. The second-order valence-corrected chi connectivity index (χ2v) is 4.46. The van der Waals surface area contributed by atoms with E-state index in [1.165, 1.54) is 4.90 Å². The third-order valence-electron chi connectivity index (χ3n) is 3.11. The van der Waals surface area contributed by atoms with Crippen molar-refractivity contribution >= 4 is 12.0 Å². The number of carbonyl (C=O) groups is 2. The van der Waals surface area contributed by atoms with Crippen LogP contribution in [0.15, 0.2) is 0 Å². The van der Waals surface area contributed by atoms with E-state index in [-0.39, 0.29) is 25.0 Å². The van der Waals surface area contributed by atoms with Crippen molar-refractivity contribution in [3.05, 3.63) is 0 Å². The largest absolute Gasteiger partial charge is 0.481 e. The number of aliphatic carboxylic acids is 1. The van der Waals surface area contributed by atoms with E-state index in [2.05, 4.69) is 0 Å². The zero-order chi connectivity index (χ0) is 12.8. The lowest BCUT2D eigenvalue weighted by Gasteiger charge is -2.34. The highest BCUT2D eigenvalue weighted by molar-refractivity contribution is 5.74. The first-order valence-corrected chi connectivity index (χ1v) is 5.87. The van der Waals surface area contributed by atoms with Gasteiger partial charge in [-0.2, -0.15) is 0 Å². The Balaban J connectivity index is 2.35. The van der Waals surface area contributed by atoms with Crippen LogP contribution in [-0.2, 0) is 4.79 Å². The van der Waals surface area contributed by atoms with Gasteiger partial charge in [-0.25, -0.2) is 4.79 Å². The molecule has 0 aliphatic carbocycles. The van der Waals surface area contributed by atoms with Crippen LogP contribution in [0.2, 0.25) is 0 Å². The number of hydrogen-bond donors (Lipinski definition) is 2. The molecule has 1 aliphatic rings. The maximum absolute atomic E-state index is 11.8. The summed E-state index contributed by atoms with van der Waals surface area (Å²) in [5.41, 5.74) is 0. The number of aliphatic hydroxyl groups excluding tert-OH is 1. The SMILES string of the molecule is CN(CCO)C(=O)N1CCC(CC(=O)O)CC1. The van der Waals surface area contributed by atoms with Crippen molar-refractivity contribution in [1.82, 2.24) is 9.80 Å². The number of likely N-dealkylation sites (N-methyl/N-ethyl adjacent to an activating group) is 1. The Labute approximate surface area is 101 Å². The van der Waals surface area contributed by atoms with E-state index >= 15 is 0 Å². The van der Waals surface area contributed by atoms with E-state index in [1.807, 2.05) is 0 Å². The van der Waals surface area contributed by atoms with Gasteiger partial charge in [0.1, 0.15) is 0 Å². The van der Waals surface area contributed by atoms with Crippen LogP contribution in [0.3, 0.4) is 0 Å². The number of urea groups is 1. The summed E-state index contributed by atoms with van der Waals surface area (Å²) in [5.74, 6) is -0.591. The number of nitrogens with zero attached hydrogens (tertiary/aromatic N) is 2. The van der Waals surface area contributed by atoms with Gasteiger partial charge in [0.2, 0.25) is 0 Å². The molecule has 6 nitrogen and oxygen atoms in total. The van der Waals surface area contributed by atoms with Gasteiger partial charge in [-0.15, -0.1) is 0 Å². The Morgan fingerprint density at radius 1 is 1.35 bits per heavy atom. The maximum atomic E-state index is 11.8. The number of hydrogen-bond acceptors (Lipinski definition) is 3. The number of carboxylic acid groups (broad SMARTS) is 1. The summed E-state index contributed by atoms with van der Waals surface area (Å²) in [4.78, 5) is 25.6. The second-order valence-electron chi connectivity index (χ2n) is 4.46. The molecule has 0 saturated carbocycles. The molecule has 1 aliphatic heterocycles. The van der Waals surface area contributed by atoms with Crippen LogP contribution < -0.4 is 0 Å². The molecule has 0 aromatic heterocycles. The molecule has 1 fully saturated rings. The average Bonchev–Trinajstić information content (AvgIpc) is 2.28. The highest BCUT2D eigenvalue weighted by Gasteiger charge is 2.25. The molecule has 1 heterocycles. The first-order chi connectivity index (χ1) is 8.04. The van der Waals surface area contributed by atoms with Gasteiger partial charge in [0, 0.05) is 33.1 Å². The Morgan fingerprint density at radius 3 is 2.41 bits per heavy atom. The molecule has 0 aromatic rings. The Hall–Kier alpha value is -1.30. The molecule has 2 amide bonds. The normalized spacial score (nSPS) is 16.9. The number of amides is 2. The monoisotopic (exact) mass is 244 g/mol. The van der Waals surface area contributed by atoms with E-state index in [0.29, 0.717) is 19.6 Å². The van der Waals surface area contributed by atoms with Gasteiger partial charge in [0.05, 0.1) is 6.61 Å². The van der Waals surface area contributed by atoms with Crippen LogP contribution in [0.4, 0.5) is 4.79 Å². The summed E-state index contributed by atoms with van der Waals surface area (Å²) < 4.78 is 0. The summed E-state index contributed by atoms with van der Waals surface area (Å²) in [6, 6.07) is -0.0900. The molecule has 0 spiro atoms. The third-order valence-corrected chi connectivity index (χ3v) is 3.11. The topological polar surface area (TPSA) is 81.1 Å². The number of piperidine rings is 1. The number of carboxylic acids is 1. The summed E-state index contributed by atoms with van der Waals surface area (Å²) in [6.45, 7) is 1.49. The van der Waals surface area contributed by atoms with Crippen molar-refractivity contribution in [3.63, 3.8) is 0 Å². The van der Waals surface area contributed by atoms with Crippen molar-refractivity contribution in [1.29, 1.82) is 0 Å². The Bertz CT molecular complexity index is 275. The van der Waals surface area contributed by atoms with E-state index < -0.39 is 5.97 Å². The van der Waals surface area contributed by atoms with Crippen LogP contribution in [0, 0.1) is 5.92 Å². The van der Waals surface area contributed by atoms with Crippen molar-refractivity contribution in [2.75, 3.05) is 33.3 Å². The first kappa shape index (κ1) is 13.8. The molecule has 0 bridgehead atoms. The number of aliphatic hydroxyl groups is 1. The van der Waals surface area contributed by atoms with Gasteiger partial charge < -0.3 is 20.0 Å². The fourth-order valence-corrected chi connectivity index (χ4v) is 2.06. The smallest absolute Gasteiger partial charge is 0.319 e. The van der Waals surface area contributed by atoms with E-state index in [9.17, 15) is 9.59 Å². The van der Waals surface area contributed by atoms with Crippen LogP contribution in [0.1, 0.15) is 19.3 Å². The third kappa shape index (κ3) is 4.22. The van der Waals surface area contributed by atoms with Crippen molar-refractivity contribution in [2.24, 2.45) is 5.92 Å². The Kier molecular flexibility index (Phi) is 5.21. The lowest BCUT2D eigenvalue weighted by Crippen LogP contribution is -2.46. The molecule has 17 heavy (non-hydrogen) atoms. The van der Waals surface area contributed by atoms with Crippen LogP contribution >= 0.6 is 0 Å². The maximum Gasteiger partial charge on any atom is 0.319 e. The highest BCUT2D eigenvalue weighted by Crippen LogP contribution is 2.20. The van der Waals surface area contributed by atoms with Crippen molar-refractivity contribution < 1.29 is 19.8 Å². The molecule has 98 valence electrons. The van der Waals surface area contributed by atoms with Gasteiger partial charge in [-0.05, 0) is 18.8 Å². The van der Waals surface area contributed by atoms with E-state index in [1.54, 1.807) is 11.9 Å². The van der Waals surface area contributed by atoms with Crippen LogP contribution in [-0.4, -0.2) is 65.3 Å². The molecular weight excluding hydrogens is 224 g/mol. The summed E-state index contributed by atoms with van der Waals surface area (Å²) >= 11 is 0. The minimum Gasteiger partial charge on any atom is -0.481 e. The fourth-order valence-electron chi connectivity index (χ4n) is 2.06. The minimum absolute atomic E-state index is 0.0439. The predicted molar refractivity (Wildman–Crippen MR) is 61.7 cm³/mol. The molecule has 1 rings (SSSR count). The van der Waals surface area contributed by atoms with Gasteiger partial charge >= 0.3 is 12.0 Å². The van der Waals surface area contributed by atoms with E-state index in [0.717, 1.165) is 12.8 Å². The summed E-state index contributed by atoms with van der Waals surface area (Å²) in [5, 5.41) is 17.4. The van der Waals surface area contributed by atoms with Gasteiger partial charge in [-0.1, -0.05) is 0 Å². The highest BCUT2D eigenvalue weighted by atomic mass is 16.4. The van der Waals surface area contributed by atoms with Gasteiger partial charge in [0.15, 0.2) is 0 Å². The molecule has 6 heteroatoms. The molecule has 0 aromatic carbocycles. The average molecular weight is 244 g/mol. The lowest BCUT2D eigenvalue weighted by atomic mass is 9.94. The Morgan fingerprint density at radius 2 is 1.94 bits per heavy atom. The molecular formula is C11H20N2O4. The zero-order valence-corrected chi connectivity index (χ0v) is 10.1. The molecule has 1 saturated heterocycles. The van der Waals surface area contributed by atoms with Crippen LogP contribution in [0.25, 0.3) is 0 Å². The number of likely N-dealkylation sites (tertiary alicyclic amines) is 1. The van der Waals surface area contributed by atoms with Crippen molar-refractivity contribution in [3.8, 4) is 0 Å². The molecule has 2 N–H and O–H groups in total. The van der Waals surface area contributed by atoms with Crippen LogP contribution in [0.5, 0.6) is 0 Å². The minimum atomic E-state index is -0.771. The van der Waals surface area contributed by atoms with Gasteiger partial charge in [0.25, 0.3) is 0 Å². The lowest BCUT2D eigenvalue weighted by molar-refractivity contribution is -0.138. The fraction of sp³-hybridized carbons (Fsp3) is 0.818. The molecule has 0 atom stereocenters. The number of rotatable bonds is 4.